The van der Waals surface area contributed by atoms with Crippen molar-refractivity contribution in [3.8, 4) is 11.5 Å². The summed E-state index contributed by atoms with van der Waals surface area (Å²) in [5.41, 5.74) is 3.92. The first-order chi connectivity index (χ1) is 14.1. The van der Waals surface area contributed by atoms with Gasteiger partial charge in [0.25, 0.3) is 0 Å². The number of ether oxygens (including phenoxy) is 2. The van der Waals surface area contributed by atoms with E-state index < -0.39 is 0 Å². The topological polar surface area (TPSA) is 34.1 Å². The summed E-state index contributed by atoms with van der Waals surface area (Å²) in [7, 11) is 3.25. The number of methoxy groups -OCH3 is 2. The first kappa shape index (κ1) is 19.6. The molecule has 1 aliphatic heterocycles. The third-order valence-electron chi connectivity index (χ3n) is 4.97. The average Bonchev–Trinajstić information content (AvgIpc) is 3.19. The molecule has 0 saturated carbocycles. The lowest BCUT2D eigenvalue weighted by molar-refractivity contribution is 0.355. The molecule has 29 heavy (non-hydrogen) atoms. The molecule has 0 amide bonds. The number of hydrogen-bond acceptors (Lipinski definition) is 4. The minimum atomic E-state index is -0.0368. The molecule has 0 aromatic heterocycles. The van der Waals surface area contributed by atoms with Crippen LogP contribution in [-0.2, 0) is 0 Å². The second kappa shape index (κ2) is 8.36. The van der Waals surface area contributed by atoms with Crippen molar-refractivity contribution in [1.29, 1.82) is 0 Å². The molecule has 3 aromatic rings. The van der Waals surface area contributed by atoms with Crippen molar-refractivity contribution in [3.63, 3.8) is 0 Å². The number of hydrazone groups is 1. The zero-order valence-electron chi connectivity index (χ0n) is 16.1. The average molecular weight is 427 g/mol. The Hall–Kier alpha value is -2.69. The van der Waals surface area contributed by atoms with E-state index in [9.17, 15) is 0 Å². The van der Waals surface area contributed by atoms with E-state index >= 15 is 0 Å². The molecule has 0 aliphatic carbocycles. The van der Waals surface area contributed by atoms with Crippen LogP contribution >= 0.6 is 23.2 Å². The Kier molecular flexibility index (Phi) is 5.65. The molecule has 4 nitrogen and oxygen atoms in total. The summed E-state index contributed by atoms with van der Waals surface area (Å²) in [4.78, 5) is 0. The fourth-order valence-corrected chi connectivity index (χ4v) is 4.07. The van der Waals surface area contributed by atoms with E-state index in [0.29, 0.717) is 28.0 Å². The molecule has 1 heterocycles. The Morgan fingerprint density at radius 1 is 0.897 bits per heavy atom. The molecule has 3 aromatic carbocycles. The van der Waals surface area contributed by atoms with Gasteiger partial charge in [-0.05, 0) is 48.0 Å². The van der Waals surface area contributed by atoms with Gasteiger partial charge >= 0.3 is 0 Å². The number of halogens is 2. The molecule has 0 N–H and O–H groups in total. The highest BCUT2D eigenvalue weighted by Crippen LogP contribution is 2.40. The summed E-state index contributed by atoms with van der Waals surface area (Å²) in [6.45, 7) is 0. The number of rotatable bonds is 5. The van der Waals surface area contributed by atoms with E-state index in [1.165, 1.54) is 0 Å². The van der Waals surface area contributed by atoms with Crippen LogP contribution in [0.5, 0.6) is 11.5 Å². The maximum atomic E-state index is 6.54. The van der Waals surface area contributed by atoms with E-state index in [2.05, 4.69) is 0 Å². The first-order valence-electron chi connectivity index (χ1n) is 9.20. The number of benzene rings is 3. The number of anilines is 1. The molecule has 0 spiro atoms. The lowest BCUT2D eigenvalue weighted by atomic mass is 9.98. The van der Waals surface area contributed by atoms with Gasteiger partial charge in [0.15, 0.2) is 11.5 Å². The Bertz CT molecular complexity index is 1050. The maximum Gasteiger partial charge on any atom is 0.161 e. The van der Waals surface area contributed by atoms with Crippen LogP contribution in [0.15, 0.2) is 71.8 Å². The van der Waals surface area contributed by atoms with Gasteiger partial charge < -0.3 is 9.47 Å². The summed E-state index contributed by atoms with van der Waals surface area (Å²) in [6.07, 6.45) is 0.700. The Morgan fingerprint density at radius 2 is 1.66 bits per heavy atom. The van der Waals surface area contributed by atoms with Gasteiger partial charge in [-0.3, -0.25) is 5.01 Å². The number of nitrogens with zero attached hydrogens (tertiary/aromatic N) is 2. The quantitative estimate of drug-likeness (QED) is 0.475. The van der Waals surface area contributed by atoms with Crippen LogP contribution in [-0.4, -0.2) is 19.9 Å². The van der Waals surface area contributed by atoms with Gasteiger partial charge in [0.2, 0.25) is 0 Å². The van der Waals surface area contributed by atoms with E-state index in [0.717, 1.165) is 22.5 Å². The predicted molar refractivity (Wildman–Crippen MR) is 119 cm³/mol. The smallest absolute Gasteiger partial charge is 0.161 e. The van der Waals surface area contributed by atoms with Gasteiger partial charge in [0, 0.05) is 22.0 Å². The van der Waals surface area contributed by atoms with E-state index in [1.807, 2.05) is 65.7 Å². The molecule has 1 aliphatic rings. The maximum absolute atomic E-state index is 6.54. The number of hydrogen-bond donors (Lipinski definition) is 0. The van der Waals surface area contributed by atoms with Crippen molar-refractivity contribution >= 4 is 34.6 Å². The van der Waals surface area contributed by atoms with Gasteiger partial charge in [-0.25, -0.2) is 0 Å². The lowest BCUT2D eigenvalue weighted by Gasteiger charge is -2.24. The molecule has 148 valence electrons. The fraction of sp³-hybridized carbons (Fsp3) is 0.174. The highest BCUT2D eigenvalue weighted by Gasteiger charge is 2.31. The largest absolute Gasteiger partial charge is 0.493 e. The van der Waals surface area contributed by atoms with Gasteiger partial charge in [-0.2, -0.15) is 5.10 Å². The van der Waals surface area contributed by atoms with Crippen LogP contribution < -0.4 is 14.5 Å². The molecule has 0 bridgehead atoms. The van der Waals surface area contributed by atoms with Crippen molar-refractivity contribution in [2.24, 2.45) is 5.10 Å². The van der Waals surface area contributed by atoms with Crippen molar-refractivity contribution in [2.75, 3.05) is 19.2 Å². The molecular formula is C23H20Cl2N2O2. The van der Waals surface area contributed by atoms with Crippen molar-refractivity contribution < 1.29 is 9.47 Å². The van der Waals surface area contributed by atoms with Crippen LogP contribution in [0.3, 0.4) is 0 Å². The standard InChI is InChI=1S/C23H20Cl2N2O2/c1-28-22-11-8-15(12-23(22)29-2)20-14-21(18-10-9-16(24)13-19(18)25)27(26-20)17-6-4-3-5-7-17/h3-13,21H,14H2,1-2H3. The first-order valence-corrected chi connectivity index (χ1v) is 9.95. The summed E-state index contributed by atoms with van der Waals surface area (Å²) < 4.78 is 10.8. The fourth-order valence-electron chi connectivity index (χ4n) is 3.53. The molecule has 6 heteroatoms. The predicted octanol–water partition coefficient (Wildman–Crippen LogP) is 6.37. The highest BCUT2D eigenvalue weighted by atomic mass is 35.5. The molecule has 1 unspecified atom stereocenters. The molecule has 4 rings (SSSR count). The van der Waals surface area contributed by atoms with Crippen molar-refractivity contribution in [3.05, 3.63) is 87.9 Å². The van der Waals surface area contributed by atoms with Crippen LogP contribution in [0.1, 0.15) is 23.6 Å². The zero-order valence-corrected chi connectivity index (χ0v) is 17.6. The second-order valence-corrected chi connectivity index (χ2v) is 7.53. The second-order valence-electron chi connectivity index (χ2n) is 6.68. The highest BCUT2D eigenvalue weighted by molar-refractivity contribution is 6.35. The minimum absolute atomic E-state index is 0.0368. The Balaban J connectivity index is 1.77. The van der Waals surface area contributed by atoms with Gasteiger partial charge in [-0.15, -0.1) is 0 Å². The van der Waals surface area contributed by atoms with Gasteiger partial charge in [0.1, 0.15) is 0 Å². The summed E-state index contributed by atoms with van der Waals surface area (Å²) in [5, 5.41) is 8.20. The zero-order chi connectivity index (χ0) is 20.4. The van der Waals surface area contributed by atoms with Crippen LogP contribution in [0.4, 0.5) is 5.69 Å². The molecular weight excluding hydrogens is 407 g/mol. The molecule has 1 atom stereocenters. The van der Waals surface area contributed by atoms with Crippen LogP contribution in [0.25, 0.3) is 0 Å². The normalized spacial score (nSPS) is 15.9. The molecule has 0 radical (unpaired) electrons. The minimum Gasteiger partial charge on any atom is -0.493 e. The van der Waals surface area contributed by atoms with E-state index in [4.69, 9.17) is 37.8 Å². The van der Waals surface area contributed by atoms with Crippen LogP contribution in [0.2, 0.25) is 10.0 Å². The third kappa shape index (κ3) is 3.91. The Morgan fingerprint density at radius 3 is 2.34 bits per heavy atom. The van der Waals surface area contributed by atoms with Crippen molar-refractivity contribution in [1.82, 2.24) is 0 Å². The molecule has 0 saturated heterocycles. The third-order valence-corrected chi connectivity index (χ3v) is 5.53. The summed E-state index contributed by atoms with van der Waals surface area (Å²) in [6, 6.07) is 21.5. The molecule has 0 fully saturated rings. The summed E-state index contributed by atoms with van der Waals surface area (Å²) >= 11 is 12.7. The Labute approximate surface area is 180 Å². The number of para-hydroxylation sites is 1. The van der Waals surface area contributed by atoms with Gasteiger partial charge in [-0.1, -0.05) is 47.5 Å². The van der Waals surface area contributed by atoms with Crippen molar-refractivity contribution in [2.45, 2.75) is 12.5 Å². The SMILES string of the molecule is COc1ccc(C2=NN(c3ccccc3)C(c3ccc(Cl)cc3Cl)C2)cc1OC. The van der Waals surface area contributed by atoms with Gasteiger partial charge in [0.05, 0.1) is 31.7 Å². The van der Waals surface area contributed by atoms with E-state index in [1.54, 1.807) is 20.3 Å². The van der Waals surface area contributed by atoms with E-state index in [-0.39, 0.29) is 6.04 Å². The monoisotopic (exact) mass is 426 g/mol. The lowest BCUT2D eigenvalue weighted by Crippen LogP contribution is -2.18. The summed E-state index contributed by atoms with van der Waals surface area (Å²) in [5.74, 6) is 1.36. The van der Waals surface area contributed by atoms with Crippen LogP contribution in [0, 0.1) is 0 Å².